The van der Waals surface area contributed by atoms with E-state index in [1.807, 2.05) is 12.3 Å². The van der Waals surface area contributed by atoms with Crippen LogP contribution in [-0.2, 0) is 6.42 Å². The molecule has 0 saturated heterocycles. The van der Waals surface area contributed by atoms with Crippen molar-refractivity contribution in [3.8, 4) is 0 Å². The molecule has 2 nitrogen and oxygen atoms in total. The maximum atomic E-state index is 6.19. The summed E-state index contributed by atoms with van der Waals surface area (Å²) in [7, 11) is 0. The molecule has 2 heterocycles. The highest BCUT2D eigenvalue weighted by atomic mass is 79.9. The van der Waals surface area contributed by atoms with Gasteiger partial charge >= 0.3 is 0 Å². The zero-order valence-corrected chi connectivity index (χ0v) is 11.4. The van der Waals surface area contributed by atoms with E-state index in [9.17, 15) is 0 Å². The molecular formula is C12H13BrN2S. The second-order valence-electron chi connectivity index (χ2n) is 3.77. The average molecular weight is 297 g/mol. The molecule has 0 radical (unpaired) electrons. The Labute approximate surface area is 108 Å². The minimum absolute atomic E-state index is 0.0271. The smallest absolute Gasteiger partial charge is 0.0361 e. The Hall–Kier alpha value is -0.710. The molecule has 0 amide bonds. The zero-order valence-electron chi connectivity index (χ0n) is 8.98. The summed E-state index contributed by atoms with van der Waals surface area (Å²) in [5, 5.41) is 2.08. The summed E-state index contributed by atoms with van der Waals surface area (Å²) in [6.07, 6.45) is 4.53. The second-order valence-corrected chi connectivity index (χ2v) is 5.69. The zero-order chi connectivity index (χ0) is 11.5. The Morgan fingerprint density at radius 1 is 1.56 bits per heavy atom. The van der Waals surface area contributed by atoms with Crippen molar-refractivity contribution in [1.82, 2.24) is 4.98 Å². The highest BCUT2D eigenvalue weighted by molar-refractivity contribution is 9.10. The van der Waals surface area contributed by atoms with Gasteiger partial charge in [0.1, 0.15) is 0 Å². The molecule has 2 rings (SSSR count). The van der Waals surface area contributed by atoms with Crippen LogP contribution in [0.15, 0.2) is 34.4 Å². The van der Waals surface area contributed by atoms with Crippen molar-refractivity contribution < 1.29 is 0 Å². The maximum Gasteiger partial charge on any atom is 0.0361 e. The molecule has 84 valence electrons. The van der Waals surface area contributed by atoms with Gasteiger partial charge in [-0.1, -0.05) is 0 Å². The fraction of sp³-hybridized carbons (Fsp3) is 0.250. The Bertz CT molecular complexity index is 481. The van der Waals surface area contributed by atoms with Gasteiger partial charge in [-0.25, -0.2) is 0 Å². The molecule has 2 N–H and O–H groups in total. The van der Waals surface area contributed by atoms with Crippen molar-refractivity contribution in [2.75, 3.05) is 0 Å². The summed E-state index contributed by atoms with van der Waals surface area (Å²) < 4.78 is 1.13. The van der Waals surface area contributed by atoms with Crippen LogP contribution in [0.2, 0.25) is 0 Å². The molecule has 0 aliphatic heterocycles. The van der Waals surface area contributed by atoms with Crippen LogP contribution in [0, 0.1) is 6.92 Å². The third-order valence-electron chi connectivity index (χ3n) is 2.52. The van der Waals surface area contributed by atoms with Gasteiger partial charge in [-0.2, -0.15) is 0 Å². The SMILES string of the molecule is Cc1ccncc1C(N)Cc1cc(Br)cs1. The number of hydrogen-bond acceptors (Lipinski definition) is 3. The topological polar surface area (TPSA) is 38.9 Å². The molecule has 16 heavy (non-hydrogen) atoms. The fourth-order valence-electron chi connectivity index (χ4n) is 1.65. The summed E-state index contributed by atoms with van der Waals surface area (Å²) >= 11 is 5.18. The van der Waals surface area contributed by atoms with E-state index in [-0.39, 0.29) is 6.04 Å². The molecule has 0 aromatic carbocycles. The number of aromatic nitrogens is 1. The predicted octanol–water partition coefficient (Wildman–Crippen LogP) is 3.46. The van der Waals surface area contributed by atoms with Gasteiger partial charge in [0.2, 0.25) is 0 Å². The molecule has 0 saturated carbocycles. The second kappa shape index (κ2) is 5.08. The van der Waals surface area contributed by atoms with Gasteiger partial charge in [0.05, 0.1) is 0 Å². The van der Waals surface area contributed by atoms with Gasteiger partial charge in [0.25, 0.3) is 0 Å². The third-order valence-corrected chi connectivity index (χ3v) is 4.24. The molecule has 0 aliphatic carbocycles. The Balaban J connectivity index is 2.14. The van der Waals surface area contributed by atoms with Gasteiger partial charge in [-0.05, 0) is 46.1 Å². The van der Waals surface area contributed by atoms with Crippen molar-refractivity contribution in [3.05, 3.63) is 50.4 Å². The summed E-state index contributed by atoms with van der Waals surface area (Å²) in [5.41, 5.74) is 8.53. The first-order valence-corrected chi connectivity index (χ1v) is 6.73. The molecule has 0 aliphatic rings. The van der Waals surface area contributed by atoms with E-state index in [1.165, 1.54) is 10.4 Å². The highest BCUT2D eigenvalue weighted by Gasteiger charge is 2.10. The first kappa shape index (κ1) is 11.8. The van der Waals surface area contributed by atoms with Crippen LogP contribution < -0.4 is 5.73 Å². The molecular weight excluding hydrogens is 284 g/mol. The number of halogens is 1. The maximum absolute atomic E-state index is 6.19. The van der Waals surface area contributed by atoms with E-state index in [0.29, 0.717) is 0 Å². The normalized spacial score (nSPS) is 12.7. The number of aryl methyl sites for hydroxylation is 1. The summed E-state index contributed by atoms with van der Waals surface area (Å²) in [6, 6.07) is 4.15. The number of thiophene rings is 1. The van der Waals surface area contributed by atoms with E-state index < -0.39 is 0 Å². The number of pyridine rings is 1. The molecule has 2 aromatic rings. The van der Waals surface area contributed by atoms with E-state index in [2.05, 4.69) is 39.3 Å². The van der Waals surface area contributed by atoms with Gasteiger partial charge < -0.3 is 5.73 Å². The van der Waals surface area contributed by atoms with Crippen LogP contribution in [0.4, 0.5) is 0 Å². The summed E-state index contributed by atoms with van der Waals surface area (Å²) in [5.74, 6) is 0. The van der Waals surface area contributed by atoms with Crippen LogP contribution in [0.5, 0.6) is 0 Å². The van der Waals surface area contributed by atoms with E-state index in [4.69, 9.17) is 5.73 Å². The van der Waals surface area contributed by atoms with E-state index >= 15 is 0 Å². The molecule has 0 bridgehead atoms. The Morgan fingerprint density at radius 3 is 3.00 bits per heavy atom. The van der Waals surface area contributed by atoms with Crippen LogP contribution >= 0.6 is 27.3 Å². The van der Waals surface area contributed by atoms with Crippen LogP contribution in [0.25, 0.3) is 0 Å². The predicted molar refractivity (Wildman–Crippen MR) is 71.6 cm³/mol. The average Bonchev–Trinajstić information content (AvgIpc) is 2.64. The number of nitrogens with zero attached hydrogens (tertiary/aromatic N) is 1. The van der Waals surface area contributed by atoms with Crippen molar-refractivity contribution in [2.45, 2.75) is 19.4 Å². The van der Waals surface area contributed by atoms with Crippen molar-refractivity contribution in [3.63, 3.8) is 0 Å². The highest BCUT2D eigenvalue weighted by Crippen LogP contribution is 2.25. The molecule has 2 aromatic heterocycles. The minimum Gasteiger partial charge on any atom is -0.324 e. The van der Waals surface area contributed by atoms with Gasteiger partial charge in [-0.3, -0.25) is 4.98 Å². The van der Waals surface area contributed by atoms with Crippen LogP contribution in [0.1, 0.15) is 22.0 Å². The lowest BCUT2D eigenvalue weighted by atomic mass is 10.0. The fourth-order valence-corrected chi connectivity index (χ4v) is 3.16. The quantitative estimate of drug-likeness (QED) is 0.942. The van der Waals surface area contributed by atoms with Crippen LogP contribution in [0.3, 0.4) is 0 Å². The Kier molecular flexibility index (Phi) is 3.74. The minimum atomic E-state index is 0.0271. The van der Waals surface area contributed by atoms with Crippen molar-refractivity contribution in [1.29, 1.82) is 0 Å². The number of hydrogen-bond donors (Lipinski definition) is 1. The molecule has 0 fully saturated rings. The molecule has 0 spiro atoms. The lowest BCUT2D eigenvalue weighted by molar-refractivity contribution is 0.720. The first-order valence-electron chi connectivity index (χ1n) is 5.06. The molecule has 1 atom stereocenters. The van der Waals surface area contributed by atoms with Crippen molar-refractivity contribution >= 4 is 27.3 Å². The Morgan fingerprint density at radius 2 is 2.38 bits per heavy atom. The number of nitrogens with two attached hydrogens (primary N) is 1. The lowest BCUT2D eigenvalue weighted by Crippen LogP contribution is -2.14. The third kappa shape index (κ3) is 2.70. The molecule has 1 unspecified atom stereocenters. The van der Waals surface area contributed by atoms with Crippen LogP contribution in [-0.4, -0.2) is 4.98 Å². The molecule has 4 heteroatoms. The van der Waals surface area contributed by atoms with E-state index in [1.54, 1.807) is 17.5 Å². The monoisotopic (exact) mass is 296 g/mol. The van der Waals surface area contributed by atoms with Gasteiger partial charge in [0, 0.05) is 39.6 Å². The lowest BCUT2D eigenvalue weighted by Gasteiger charge is -2.12. The standard InChI is InChI=1S/C12H13BrN2S/c1-8-2-3-15-6-11(8)12(14)5-10-4-9(13)7-16-10/h2-4,6-7,12H,5,14H2,1H3. The number of rotatable bonds is 3. The summed E-state index contributed by atoms with van der Waals surface area (Å²) in [4.78, 5) is 5.42. The first-order chi connectivity index (χ1) is 7.66. The largest absolute Gasteiger partial charge is 0.324 e. The van der Waals surface area contributed by atoms with Crippen molar-refractivity contribution in [2.24, 2.45) is 5.73 Å². The summed E-state index contributed by atoms with van der Waals surface area (Å²) in [6.45, 7) is 2.07. The van der Waals surface area contributed by atoms with Gasteiger partial charge in [-0.15, -0.1) is 11.3 Å². The van der Waals surface area contributed by atoms with E-state index in [0.717, 1.165) is 16.5 Å². The van der Waals surface area contributed by atoms with Gasteiger partial charge in [0.15, 0.2) is 0 Å².